The standard InChI is InChI=1S/C20H18N2O2/c1-14(2)24-18-7-8-19-17(11-18)9-10-22(20(19)23)13-16-5-3-15(12-21)4-6-16/h3-11,14H,13H2,1-2H3. The maximum Gasteiger partial charge on any atom is 0.258 e. The van der Waals surface area contributed by atoms with Crippen molar-refractivity contribution in [3.8, 4) is 11.8 Å². The fraction of sp³-hybridized carbons (Fsp3) is 0.200. The Bertz CT molecular complexity index is 964. The van der Waals surface area contributed by atoms with E-state index >= 15 is 0 Å². The summed E-state index contributed by atoms with van der Waals surface area (Å²) >= 11 is 0. The molecule has 4 nitrogen and oxygen atoms in total. The monoisotopic (exact) mass is 318 g/mol. The van der Waals surface area contributed by atoms with E-state index in [9.17, 15) is 4.79 Å². The van der Waals surface area contributed by atoms with Gasteiger partial charge in [0.1, 0.15) is 5.75 Å². The normalized spacial score (nSPS) is 10.8. The first-order valence-corrected chi connectivity index (χ1v) is 7.86. The van der Waals surface area contributed by atoms with Crippen LogP contribution in [0.3, 0.4) is 0 Å². The number of nitriles is 1. The minimum absolute atomic E-state index is 0.0343. The molecule has 2 aromatic carbocycles. The lowest BCUT2D eigenvalue weighted by atomic mass is 10.1. The molecule has 0 saturated carbocycles. The van der Waals surface area contributed by atoms with E-state index in [1.807, 2.05) is 50.2 Å². The van der Waals surface area contributed by atoms with Gasteiger partial charge in [0.05, 0.1) is 24.3 Å². The van der Waals surface area contributed by atoms with Gasteiger partial charge < -0.3 is 9.30 Å². The zero-order valence-corrected chi connectivity index (χ0v) is 13.7. The van der Waals surface area contributed by atoms with E-state index < -0.39 is 0 Å². The molecule has 3 rings (SSSR count). The first-order chi connectivity index (χ1) is 11.6. The third-order valence-corrected chi connectivity index (χ3v) is 3.76. The van der Waals surface area contributed by atoms with Gasteiger partial charge in [-0.15, -0.1) is 0 Å². The molecule has 0 unspecified atom stereocenters. The smallest absolute Gasteiger partial charge is 0.258 e. The van der Waals surface area contributed by atoms with Crippen LogP contribution in [0.2, 0.25) is 0 Å². The van der Waals surface area contributed by atoms with Crippen molar-refractivity contribution in [1.29, 1.82) is 5.26 Å². The topological polar surface area (TPSA) is 55.0 Å². The number of ether oxygens (including phenoxy) is 1. The highest BCUT2D eigenvalue weighted by Crippen LogP contribution is 2.19. The fourth-order valence-corrected chi connectivity index (χ4v) is 2.62. The number of hydrogen-bond donors (Lipinski definition) is 0. The highest BCUT2D eigenvalue weighted by Gasteiger charge is 2.06. The third kappa shape index (κ3) is 3.31. The molecule has 3 aromatic rings. The summed E-state index contributed by atoms with van der Waals surface area (Å²) in [6.45, 7) is 4.42. The van der Waals surface area contributed by atoms with Crippen molar-refractivity contribution >= 4 is 10.8 Å². The van der Waals surface area contributed by atoms with E-state index in [0.29, 0.717) is 17.5 Å². The molecule has 120 valence electrons. The van der Waals surface area contributed by atoms with Gasteiger partial charge in [-0.25, -0.2) is 0 Å². The highest BCUT2D eigenvalue weighted by atomic mass is 16.5. The van der Waals surface area contributed by atoms with Gasteiger partial charge in [0.15, 0.2) is 0 Å². The molecule has 0 N–H and O–H groups in total. The summed E-state index contributed by atoms with van der Waals surface area (Å²) in [5.74, 6) is 0.766. The van der Waals surface area contributed by atoms with Gasteiger partial charge in [0, 0.05) is 11.6 Å². The van der Waals surface area contributed by atoms with Crippen molar-refractivity contribution in [2.24, 2.45) is 0 Å². The summed E-state index contributed by atoms with van der Waals surface area (Å²) in [7, 11) is 0. The lowest BCUT2D eigenvalue weighted by Crippen LogP contribution is -2.20. The molecule has 0 bridgehead atoms. The largest absolute Gasteiger partial charge is 0.491 e. The third-order valence-electron chi connectivity index (χ3n) is 3.76. The average molecular weight is 318 g/mol. The van der Waals surface area contributed by atoms with Crippen LogP contribution >= 0.6 is 0 Å². The number of hydrogen-bond acceptors (Lipinski definition) is 3. The molecule has 4 heteroatoms. The van der Waals surface area contributed by atoms with Crippen LogP contribution < -0.4 is 10.3 Å². The second-order valence-corrected chi connectivity index (χ2v) is 5.97. The van der Waals surface area contributed by atoms with E-state index in [-0.39, 0.29) is 11.7 Å². The molecule has 0 fully saturated rings. The number of benzene rings is 2. The molecule has 0 radical (unpaired) electrons. The summed E-state index contributed by atoms with van der Waals surface area (Å²) in [6.07, 6.45) is 1.89. The number of aromatic nitrogens is 1. The van der Waals surface area contributed by atoms with Crippen LogP contribution in [-0.4, -0.2) is 10.7 Å². The van der Waals surface area contributed by atoms with Crippen LogP contribution in [-0.2, 0) is 6.54 Å². The second kappa shape index (κ2) is 6.59. The molecular weight excluding hydrogens is 300 g/mol. The molecule has 1 heterocycles. The summed E-state index contributed by atoms with van der Waals surface area (Å²) in [4.78, 5) is 12.7. The Balaban J connectivity index is 1.93. The Kier molecular flexibility index (Phi) is 4.35. The van der Waals surface area contributed by atoms with Crippen molar-refractivity contribution in [3.63, 3.8) is 0 Å². The van der Waals surface area contributed by atoms with E-state index in [0.717, 1.165) is 16.7 Å². The molecule has 0 spiro atoms. The fourth-order valence-electron chi connectivity index (χ4n) is 2.62. The first kappa shape index (κ1) is 15.8. The summed E-state index contributed by atoms with van der Waals surface area (Å²) < 4.78 is 7.35. The highest BCUT2D eigenvalue weighted by molar-refractivity contribution is 5.82. The molecule has 0 atom stereocenters. The summed E-state index contributed by atoms with van der Waals surface area (Å²) in [5, 5.41) is 10.4. The van der Waals surface area contributed by atoms with Crippen LogP contribution in [0.25, 0.3) is 10.8 Å². The Labute approximate surface area is 140 Å². The molecule has 1 aromatic heterocycles. The quantitative estimate of drug-likeness (QED) is 0.737. The predicted octanol–water partition coefficient (Wildman–Crippen LogP) is 3.71. The minimum atomic E-state index is -0.0343. The Morgan fingerprint density at radius 3 is 2.54 bits per heavy atom. The van der Waals surface area contributed by atoms with Crippen LogP contribution in [0.15, 0.2) is 59.5 Å². The van der Waals surface area contributed by atoms with Gasteiger partial charge in [-0.1, -0.05) is 12.1 Å². The molecular formula is C20H18N2O2. The summed E-state index contributed by atoms with van der Waals surface area (Å²) in [5.41, 5.74) is 1.56. The minimum Gasteiger partial charge on any atom is -0.491 e. The number of fused-ring (bicyclic) bond motifs is 1. The summed E-state index contributed by atoms with van der Waals surface area (Å²) in [6, 6.07) is 16.8. The zero-order chi connectivity index (χ0) is 17.1. The van der Waals surface area contributed by atoms with Gasteiger partial charge in [-0.2, -0.15) is 5.26 Å². The van der Waals surface area contributed by atoms with Crippen LogP contribution in [0.1, 0.15) is 25.0 Å². The van der Waals surface area contributed by atoms with E-state index in [4.69, 9.17) is 10.00 Å². The average Bonchev–Trinajstić information content (AvgIpc) is 2.57. The van der Waals surface area contributed by atoms with Crippen molar-refractivity contribution < 1.29 is 4.74 Å². The van der Waals surface area contributed by atoms with Crippen LogP contribution in [0.4, 0.5) is 0 Å². The van der Waals surface area contributed by atoms with Gasteiger partial charge in [0.25, 0.3) is 5.56 Å². The molecule has 0 aliphatic rings. The number of pyridine rings is 1. The van der Waals surface area contributed by atoms with Crippen molar-refractivity contribution in [2.45, 2.75) is 26.5 Å². The number of rotatable bonds is 4. The van der Waals surface area contributed by atoms with Gasteiger partial charge in [-0.05, 0) is 61.2 Å². The van der Waals surface area contributed by atoms with Gasteiger partial charge >= 0.3 is 0 Å². The van der Waals surface area contributed by atoms with Crippen molar-refractivity contribution in [3.05, 3.63) is 76.2 Å². The van der Waals surface area contributed by atoms with Gasteiger partial charge in [0.2, 0.25) is 0 Å². The molecule has 0 amide bonds. The molecule has 0 aliphatic carbocycles. The SMILES string of the molecule is CC(C)Oc1ccc2c(=O)n(Cc3ccc(C#N)cc3)ccc2c1. The Morgan fingerprint density at radius 1 is 1.12 bits per heavy atom. The predicted molar refractivity (Wildman–Crippen MR) is 94.2 cm³/mol. The molecule has 24 heavy (non-hydrogen) atoms. The Morgan fingerprint density at radius 2 is 1.88 bits per heavy atom. The van der Waals surface area contributed by atoms with Crippen LogP contribution in [0, 0.1) is 11.3 Å². The maximum atomic E-state index is 12.7. The lowest BCUT2D eigenvalue weighted by Gasteiger charge is -2.11. The van der Waals surface area contributed by atoms with E-state index in [1.54, 1.807) is 22.9 Å². The van der Waals surface area contributed by atoms with Crippen molar-refractivity contribution in [1.82, 2.24) is 4.57 Å². The first-order valence-electron chi connectivity index (χ1n) is 7.86. The zero-order valence-electron chi connectivity index (χ0n) is 13.7. The Hall–Kier alpha value is -3.06. The number of nitrogens with zero attached hydrogens (tertiary/aromatic N) is 2. The van der Waals surface area contributed by atoms with Crippen LogP contribution in [0.5, 0.6) is 5.75 Å². The second-order valence-electron chi connectivity index (χ2n) is 5.97. The van der Waals surface area contributed by atoms with Gasteiger partial charge in [-0.3, -0.25) is 4.79 Å². The van der Waals surface area contributed by atoms with E-state index in [2.05, 4.69) is 6.07 Å². The van der Waals surface area contributed by atoms with Crippen molar-refractivity contribution in [2.75, 3.05) is 0 Å². The molecule has 0 saturated heterocycles. The van der Waals surface area contributed by atoms with E-state index in [1.165, 1.54) is 0 Å². The molecule has 0 aliphatic heterocycles. The maximum absolute atomic E-state index is 12.7. The lowest BCUT2D eigenvalue weighted by molar-refractivity contribution is 0.243.